The SMILES string of the molecule is O=S(=O)(O[C@H]1O[C@@H]2COC(c3ccc(Cl)cc3)O[C@H]2[C@H](OCc2ccccc2)[C@@H]1OCc1ccccc1)C(F)(F)F. The van der Waals surface area contributed by atoms with Crippen molar-refractivity contribution in [2.24, 2.45) is 0 Å². The van der Waals surface area contributed by atoms with Gasteiger partial charge in [0.25, 0.3) is 0 Å². The van der Waals surface area contributed by atoms with Crippen LogP contribution in [0.15, 0.2) is 84.9 Å². The van der Waals surface area contributed by atoms with Gasteiger partial charge in [-0.3, -0.25) is 0 Å². The van der Waals surface area contributed by atoms with Gasteiger partial charge in [-0.1, -0.05) is 84.4 Å². The largest absolute Gasteiger partial charge is 0.523 e. The third kappa shape index (κ3) is 7.27. The van der Waals surface area contributed by atoms with Crippen molar-refractivity contribution < 1.29 is 49.5 Å². The molecule has 0 bridgehead atoms. The van der Waals surface area contributed by atoms with Crippen LogP contribution >= 0.6 is 11.6 Å². The van der Waals surface area contributed by atoms with Crippen molar-refractivity contribution in [1.82, 2.24) is 0 Å². The summed E-state index contributed by atoms with van der Waals surface area (Å²) in [7, 11) is -6.05. The molecule has 2 aliphatic heterocycles. The lowest BCUT2D eigenvalue weighted by Crippen LogP contribution is -2.64. The smallest absolute Gasteiger partial charge is 0.368 e. The summed E-state index contributed by atoms with van der Waals surface area (Å²) >= 11 is 6.01. The predicted molar refractivity (Wildman–Crippen MR) is 140 cm³/mol. The molecule has 0 radical (unpaired) electrons. The van der Waals surface area contributed by atoms with Gasteiger partial charge in [-0.15, -0.1) is 0 Å². The second-order valence-corrected chi connectivity index (χ2v) is 11.4. The number of fused-ring (bicyclic) bond motifs is 1. The zero-order valence-corrected chi connectivity index (χ0v) is 22.9. The van der Waals surface area contributed by atoms with Gasteiger partial charge in [-0.25, -0.2) is 4.18 Å². The summed E-state index contributed by atoms with van der Waals surface area (Å²) in [6.07, 6.45) is -7.42. The first-order chi connectivity index (χ1) is 19.6. The van der Waals surface area contributed by atoms with E-state index >= 15 is 0 Å². The molecule has 3 aromatic rings. The Balaban J connectivity index is 1.47. The number of alkyl halides is 3. The molecule has 0 amide bonds. The van der Waals surface area contributed by atoms with Crippen LogP contribution in [0.5, 0.6) is 0 Å². The highest BCUT2D eigenvalue weighted by Crippen LogP contribution is 2.39. The summed E-state index contributed by atoms with van der Waals surface area (Å²) in [6.45, 7) is -0.227. The topological polar surface area (TPSA) is 89.5 Å². The first-order valence-corrected chi connectivity index (χ1v) is 14.4. The quantitative estimate of drug-likeness (QED) is 0.230. The fourth-order valence-corrected chi connectivity index (χ4v) is 5.13. The molecular weight excluding hydrogens is 589 g/mol. The number of rotatable bonds is 9. The first-order valence-electron chi connectivity index (χ1n) is 12.6. The summed E-state index contributed by atoms with van der Waals surface area (Å²) in [4.78, 5) is 0. The Bertz CT molecular complexity index is 1380. The van der Waals surface area contributed by atoms with Crippen molar-refractivity contribution in [3.63, 3.8) is 0 Å². The maximum atomic E-state index is 13.3. The van der Waals surface area contributed by atoms with Crippen LogP contribution in [0.25, 0.3) is 0 Å². The molecule has 2 aliphatic rings. The van der Waals surface area contributed by atoms with E-state index in [2.05, 4.69) is 4.18 Å². The van der Waals surface area contributed by atoms with Crippen LogP contribution < -0.4 is 0 Å². The zero-order valence-electron chi connectivity index (χ0n) is 21.4. The summed E-state index contributed by atoms with van der Waals surface area (Å²) in [5.74, 6) is 0. The van der Waals surface area contributed by atoms with E-state index in [1.807, 2.05) is 6.07 Å². The average Bonchev–Trinajstić information content (AvgIpc) is 2.95. The van der Waals surface area contributed by atoms with E-state index < -0.39 is 52.6 Å². The first kappa shape index (κ1) is 29.9. The highest BCUT2D eigenvalue weighted by atomic mass is 35.5. The van der Waals surface area contributed by atoms with Crippen molar-refractivity contribution in [1.29, 1.82) is 0 Å². The van der Waals surface area contributed by atoms with Gasteiger partial charge in [0.05, 0.1) is 19.8 Å². The Morgan fingerprint density at radius 1 is 0.805 bits per heavy atom. The predicted octanol–water partition coefficient (Wildman–Crippen LogP) is 5.52. The van der Waals surface area contributed by atoms with E-state index in [9.17, 15) is 21.6 Å². The molecule has 13 heteroatoms. The van der Waals surface area contributed by atoms with Gasteiger partial charge in [0.1, 0.15) is 24.4 Å². The van der Waals surface area contributed by atoms with Gasteiger partial charge in [-0.2, -0.15) is 21.6 Å². The lowest BCUT2D eigenvalue weighted by Gasteiger charge is -2.48. The molecule has 1 unspecified atom stereocenters. The van der Waals surface area contributed by atoms with E-state index in [0.717, 1.165) is 5.56 Å². The third-order valence-corrected chi connectivity index (χ3v) is 7.76. The Hall–Kier alpha value is -2.55. The zero-order chi connectivity index (χ0) is 29.0. The van der Waals surface area contributed by atoms with Crippen molar-refractivity contribution in [2.75, 3.05) is 6.61 Å². The van der Waals surface area contributed by atoms with Crippen LogP contribution in [0.4, 0.5) is 13.2 Å². The third-order valence-electron chi connectivity index (χ3n) is 6.50. The molecule has 0 aromatic heterocycles. The highest BCUT2D eigenvalue weighted by molar-refractivity contribution is 7.87. The highest BCUT2D eigenvalue weighted by Gasteiger charge is 2.56. The van der Waals surface area contributed by atoms with Gasteiger partial charge in [0.2, 0.25) is 6.29 Å². The molecule has 2 saturated heterocycles. The van der Waals surface area contributed by atoms with Crippen molar-refractivity contribution in [3.8, 4) is 0 Å². The number of benzene rings is 3. The standard InChI is InChI=1S/C28H26ClF3O8S/c29-21-13-11-20(12-14-21)26-37-17-22-23(39-26)24(35-15-18-7-3-1-4-8-18)25(36-16-19-9-5-2-6-10-19)27(38-22)40-41(33,34)28(30,31)32/h1-14,22-27H,15-17H2/t22-,23-,24+,25+,26?,27-/m1/s1. The van der Waals surface area contributed by atoms with Crippen LogP contribution in [0.2, 0.25) is 5.02 Å². The molecule has 0 spiro atoms. The van der Waals surface area contributed by atoms with Crippen LogP contribution in [0, 0.1) is 0 Å². The molecule has 5 rings (SSSR count). The lowest BCUT2D eigenvalue weighted by molar-refractivity contribution is -0.361. The number of halogens is 4. The number of hydrogen-bond donors (Lipinski definition) is 0. The Kier molecular flexibility index (Phi) is 9.31. The van der Waals surface area contributed by atoms with E-state index in [1.54, 1.807) is 78.9 Å². The minimum Gasteiger partial charge on any atom is -0.368 e. The van der Waals surface area contributed by atoms with Gasteiger partial charge in [0.15, 0.2) is 6.29 Å². The molecule has 220 valence electrons. The van der Waals surface area contributed by atoms with Crippen molar-refractivity contribution in [2.45, 2.75) is 55.7 Å². The molecule has 6 atom stereocenters. The maximum Gasteiger partial charge on any atom is 0.523 e. The molecule has 0 aliphatic carbocycles. The summed E-state index contributed by atoms with van der Waals surface area (Å²) < 4.78 is 98.7. The Morgan fingerprint density at radius 2 is 1.37 bits per heavy atom. The van der Waals surface area contributed by atoms with E-state index in [1.165, 1.54) is 0 Å². The molecule has 41 heavy (non-hydrogen) atoms. The molecule has 0 N–H and O–H groups in total. The monoisotopic (exact) mass is 614 g/mol. The fourth-order valence-electron chi connectivity index (χ4n) is 4.49. The second kappa shape index (κ2) is 12.8. The molecular formula is C28H26ClF3O8S. The summed E-state index contributed by atoms with van der Waals surface area (Å²) in [5, 5.41) is 0.507. The van der Waals surface area contributed by atoms with Crippen LogP contribution in [-0.2, 0) is 51.2 Å². The minimum atomic E-state index is -6.05. The maximum absolute atomic E-state index is 13.3. The van der Waals surface area contributed by atoms with E-state index in [0.29, 0.717) is 16.1 Å². The Labute approximate surface area is 239 Å². The molecule has 2 heterocycles. The molecule has 0 saturated carbocycles. The summed E-state index contributed by atoms with van der Waals surface area (Å²) in [6, 6.07) is 24.6. The van der Waals surface area contributed by atoms with E-state index in [-0.39, 0.29) is 19.8 Å². The molecule has 2 fully saturated rings. The van der Waals surface area contributed by atoms with E-state index in [4.69, 9.17) is 35.3 Å². The van der Waals surface area contributed by atoms with Gasteiger partial charge >= 0.3 is 15.6 Å². The molecule has 8 nitrogen and oxygen atoms in total. The van der Waals surface area contributed by atoms with Crippen molar-refractivity contribution >= 4 is 21.7 Å². The Morgan fingerprint density at radius 3 is 1.93 bits per heavy atom. The number of hydrogen-bond acceptors (Lipinski definition) is 8. The average molecular weight is 615 g/mol. The lowest BCUT2D eigenvalue weighted by atomic mass is 9.97. The van der Waals surface area contributed by atoms with Gasteiger partial charge < -0.3 is 23.7 Å². The second-order valence-electron chi connectivity index (χ2n) is 9.38. The van der Waals surface area contributed by atoms with Crippen LogP contribution in [-0.4, -0.2) is 51.2 Å². The minimum absolute atomic E-state index is 0.0223. The van der Waals surface area contributed by atoms with Gasteiger partial charge in [0, 0.05) is 10.6 Å². The van der Waals surface area contributed by atoms with Crippen molar-refractivity contribution in [3.05, 3.63) is 107 Å². The van der Waals surface area contributed by atoms with Crippen LogP contribution in [0.1, 0.15) is 23.0 Å². The number of ether oxygens (including phenoxy) is 5. The van der Waals surface area contributed by atoms with Gasteiger partial charge in [-0.05, 0) is 23.3 Å². The van der Waals surface area contributed by atoms with Crippen LogP contribution in [0.3, 0.4) is 0 Å². The fraction of sp³-hybridized carbons (Fsp3) is 0.357. The summed E-state index contributed by atoms with van der Waals surface area (Å²) in [5.41, 5.74) is -3.61. The normalized spacial score (nSPS) is 26.8. The molecule has 3 aromatic carbocycles.